The monoisotopic (exact) mass is 343 g/mol. The van der Waals surface area contributed by atoms with Crippen LogP contribution in [0.3, 0.4) is 0 Å². The molecule has 0 aliphatic carbocycles. The minimum Gasteiger partial charge on any atom is -0.307 e. The first kappa shape index (κ1) is 15.8. The number of nitrogens with one attached hydrogen (secondary N) is 1. The summed E-state index contributed by atoms with van der Waals surface area (Å²) in [4.78, 5) is 14.4. The highest BCUT2D eigenvalue weighted by Crippen LogP contribution is 2.25. The Morgan fingerprint density at radius 2 is 1.73 bits per heavy atom. The maximum absolute atomic E-state index is 12.9. The zero-order chi connectivity index (χ0) is 17.9. The third kappa shape index (κ3) is 2.88. The standard InChI is InChI=1S/C20H17N5O/c1-24(17-13-21-22-14-17)20(26)18-12-19(15-8-4-2-5-9-15)25(23-18)16-10-6-3-7-11-16/h2-14H,1H3,(H,21,22). The lowest BCUT2D eigenvalue weighted by atomic mass is 10.1. The van der Waals surface area contributed by atoms with Crippen LogP contribution in [-0.2, 0) is 0 Å². The van der Waals surface area contributed by atoms with Crippen molar-refractivity contribution in [2.75, 3.05) is 11.9 Å². The third-order valence-electron chi connectivity index (χ3n) is 4.17. The summed E-state index contributed by atoms with van der Waals surface area (Å²) in [6.45, 7) is 0. The number of benzene rings is 2. The number of aromatic nitrogens is 4. The van der Waals surface area contributed by atoms with E-state index in [2.05, 4.69) is 15.3 Å². The van der Waals surface area contributed by atoms with Crippen molar-refractivity contribution in [1.82, 2.24) is 20.0 Å². The number of nitrogens with zero attached hydrogens (tertiary/aromatic N) is 4. The minimum atomic E-state index is -0.196. The second-order valence-corrected chi connectivity index (χ2v) is 5.85. The molecule has 4 aromatic rings. The molecular formula is C20H17N5O. The van der Waals surface area contributed by atoms with Gasteiger partial charge in [0.1, 0.15) is 0 Å². The van der Waals surface area contributed by atoms with Gasteiger partial charge in [0.15, 0.2) is 5.69 Å². The molecule has 0 fully saturated rings. The van der Waals surface area contributed by atoms with Crippen molar-refractivity contribution < 1.29 is 4.79 Å². The fourth-order valence-electron chi connectivity index (χ4n) is 2.78. The third-order valence-corrected chi connectivity index (χ3v) is 4.17. The molecule has 128 valence electrons. The quantitative estimate of drug-likeness (QED) is 0.616. The van der Waals surface area contributed by atoms with Crippen LogP contribution < -0.4 is 4.90 Å². The van der Waals surface area contributed by atoms with Gasteiger partial charge in [-0.1, -0.05) is 48.5 Å². The predicted molar refractivity (Wildman–Crippen MR) is 100 cm³/mol. The Morgan fingerprint density at radius 3 is 2.38 bits per heavy atom. The zero-order valence-electron chi connectivity index (χ0n) is 14.2. The Labute approximate surface area is 150 Å². The number of para-hydroxylation sites is 1. The average Bonchev–Trinajstić information content (AvgIpc) is 3.38. The van der Waals surface area contributed by atoms with E-state index in [4.69, 9.17) is 0 Å². The summed E-state index contributed by atoms with van der Waals surface area (Å²) >= 11 is 0. The fraction of sp³-hybridized carbons (Fsp3) is 0.0500. The maximum Gasteiger partial charge on any atom is 0.278 e. The topological polar surface area (TPSA) is 66.8 Å². The highest BCUT2D eigenvalue weighted by molar-refractivity contribution is 6.04. The lowest BCUT2D eigenvalue weighted by Gasteiger charge is -2.12. The van der Waals surface area contributed by atoms with E-state index < -0.39 is 0 Å². The van der Waals surface area contributed by atoms with Crippen LogP contribution >= 0.6 is 0 Å². The van der Waals surface area contributed by atoms with Crippen LogP contribution in [0.5, 0.6) is 0 Å². The van der Waals surface area contributed by atoms with Crippen molar-refractivity contribution in [1.29, 1.82) is 0 Å². The van der Waals surface area contributed by atoms with Crippen LogP contribution in [-0.4, -0.2) is 32.9 Å². The molecule has 0 spiro atoms. The molecule has 1 N–H and O–H groups in total. The van der Waals surface area contributed by atoms with Gasteiger partial charge in [0.25, 0.3) is 5.91 Å². The predicted octanol–water partition coefficient (Wildman–Crippen LogP) is 3.54. The van der Waals surface area contributed by atoms with Crippen molar-refractivity contribution in [3.63, 3.8) is 0 Å². The van der Waals surface area contributed by atoms with Crippen molar-refractivity contribution in [2.45, 2.75) is 0 Å². The first-order valence-corrected chi connectivity index (χ1v) is 8.22. The molecule has 0 bridgehead atoms. The van der Waals surface area contributed by atoms with E-state index in [1.807, 2.05) is 66.7 Å². The number of carbonyl (C=O) groups is 1. The molecule has 2 aromatic carbocycles. The molecule has 6 heteroatoms. The van der Waals surface area contributed by atoms with E-state index in [0.717, 1.165) is 16.9 Å². The molecule has 0 aliphatic rings. The van der Waals surface area contributed by atoms with Gasteiger partial charge in [-0.3, -0.25) is 9.89 Å². The highest BCUT2D eigenvalue weighted by atomic mass is 16.2. The van der Waals surface area contributed by atoms with Gasteiger partial charge in [0.2, 0.25) is 0 Å². The average molecular weight is 343 g/mol. The second-order valence-electron chi connectivity index (χ2n) is 5.85. The van der Waals surface area contributed by atoms with Gasteiger partial charge in [-0.15, -0.1) is 0 Å². The Bertz CT molecular complexity index is 950. The van der Waals surface area contributed by atoms with Crippen LogP contribution in [0.25, 0.3) is 16.9 Å². The number of amides is 1. The SMILES string of the molecule is CN(C(=O)c1cc(-c2ccccc2)n(-c2ccccc2)n1)c1cn[nH]c1. The molecular weight excluding hydrogens is 326 g/mol. The number of rotatable bonds is 4. The minimum absolute atomic E-state index is 0.196. The summed E-state index contributed by atoms with van der Waals surface area (Å²) in [6, 6.07) is 21.5. The van der Waals surface area contributed by atoms with Gasteiger partial charge in [0.05, 0.1) is 23.3 Å². The van der Waals surface area contributed by atoms with E-state index in [0.29, 0.717) is 11.4 Å². The van der Waals surface area contributed by atoms with Crippen molar-refractivity contribution in [3.8, 4) is 16.9 Å². The molecule has 2 aromatic heterocycles. The van der Waals surface area contributed by atoms with Gasteiger partial charge in [0, 0.05) is 18.8 Å². The van der Waals surface area contributed by atoms with Crippen molar-refractivity contribution in [2.24, 2.45) is 0 Å². The Hall–Kier alpha value is -3.67. The van der Waals surface area contributed by atoms with E-state index in [9.17, 15) is 4.79 Å². The van der Waals surface area contributed by atoms with Crippen LogP contribution in [0.15, 0.2) is 79.1 Å². The number of anilines is 1. The molecule has 0 aliphatic heterocycles. The molecule has 2 heterocycles. The largest absolute Gasteiger partial charge is 0.307 e. The van der Waals surface area contributed by atoms with Crippen LogP contribution in [0.1, 0.15) is 10.5 Å². The van der Waals surface area contributed by atoms with Gasteiger partial charge in [-0.2, -0.15) is 10.2 Å². The lowest BCUT2D eigenvalue weighted by Crippen LogP contribution is -2.26. The summed E-state index contributed by atoms with van der Waals surface area (Å²) in [5.74, 6) is -0.196. The first-order chi connectivity index (χ1) is 12.7. The van der Waals surface area contributed by atoms with Gasteiger partial charge >= 0.3 is 0 Å². The van der Waals surface area contributed by atoms with E-state index in [1.54, 1.807) is 24.1 Å². The molecule has 4 rings (SSSR count). The molecule has 26 heavy (non-hydrogen) atoms. The fourth-order valence-corrected chi connectivity index (χ4v) is 2.78. The normalized spacial score (nSPS) is 10.7. The van der Waals surface area contributed by atoms with E-state index in [1.165, 1.54) is 4.90 Å². The molecule has 0 saturated heterocycles. The molecule has 0 unspecified atom stereocenters. The summed E-state index contributed by atoms with van der Waals surface area (Å²) in [5.41, 5.74) is 3.81. The van der Waals surface area contributed by atoms with Gasteiger partial charge < -0.3 is 4.90 Å². The van der Waals surface area contributed by atoms with E-state index in [-0.39, 0.29) is 5.91 Å². The number of H-pyrrole nitrogens is 1. The number of carbonyl (C=O) groups excluding carboxylic acids is 1. The van der Waals surface area contributed by atoms with Gasteiger partial charge in [-0.25, -0.2) is 4.68 Å². The molecule has 6 nitrogen and oxygen atoms in total. The maximum atomic E-state index is 12.9. The Morgan fingerprint density at radius 1 is 1.04 bits per heavy atom. The van der Waals surface area contributed by atoms with Crippen molar-refractivity contribution in [3.05, 3.63) is 84.8 Å². The number of aromatic amines is 1. The summed E-state index contributed by atoms with van der Waals surface area (Å²) in [5, 5.41) is 11.2. The highest BCUT2D eigenvalue weighted by Gasteiger charge is 2.21. The van der Waals surface area contributed by atoms with Crippen LogP contribution in [0.2, 0.25) is 0 Å². The molecule has 0 atom stereocenters. The van der Waals surface area contributed by atoms with Crippen molar-refractivity contribution >= 4 is 11.6 Å². The summed E-state index contributed by atoms with van der Waals surface area (Å²) in [7, 11) is 1.71. The summed E-state index contributed by atoms with van der Waals surface area (Å²) in [6.07, 6.45) is 3.27. The Kier molecular flexibility index (Phi) is 4.07. The van der Waals surface area contributed by atoms with Crippen LogP contribution in [0.4, 0.5) is 5.69 Å². The Balaban J connectivity index is 1.80. The van der Waals surface area contributed by atoms with Crippen LogP contribution in [0, 0.1) is 0 Å². The first-order valence-electron chi connectivity index (χ1n) is 8.22. The molecule has 0 radical (unpaired) electrons. The number of hydrogen-bond acceptors (Lipinski definition) is 3. The zero-order valence-corrected chi connectivity index (χ0v) is 14.2. The van der Waals surface area contributed by atoms with Gasteiger partial charge in [-0.05, 0) is 18.2 Å². The number of hydrogen-bond donors (Lipinski definition) is 1. The summed E-state index contributed by atoms with van der Waals surface area (Å²) < 4.78 is 1.80. The lowest BCUT2D eigenvalue weighted by molar-refractivity contribution is 0.0988. The smallest absolute Gasteiger partial charge is 0.278 e. The molecule has 1 amide bonds. The second kappa shape index (κ2) is 6.68. The molecule has 0 saturated carbocycles. The van der Waals surface area contributed by atoms with E-state index >= 15 is 0 Å².